The van der Waals surface area contributed by atoms with Crippen LogP contribution < -0.4 is 19.5 Å². The largest absolute Gasteiger partial charge is 0.494 e. The number of aliphatic hydroxyl groups is 1. The van der Waals surface area contributed by atoms with Crippen LogP contribution in [0.15, 0.2) is 47.4 Å². The van der Waals surface area contributed by atoms with Crippen molar-refractivity contribution in [1.82, 2.24) is 9.62 Å². The zero-order valence-electron chi connectivity index (χ0n) is 31.5. The first-order valence-corrected chi connectivity index (χ1v) is 22.5. The SMILES string of the molecule is CC(C)CN(C[C@@H](O)[C@H](Cc1ccc(OCCCO[Si](C)(C)C(C)(C)C)cc1)NC(=O)O[C@H]1CO[C@H]2OCC[C@H]21)S(=O)(=O)c1ccc2c(c1)OCO2. The van der Waals surface area contributed by atoms with Crippen molar-refractivity contribution in [3.8, 4) is 17.2 Å². The molecule has 2 N–H and O–H groups in total. The number of sulfonamides is 1. The maximum absolute atomic E-state index is 14.0. The first-order chi connectivity index (χ1) is 24.5. The summed E-state index contributed by atoms with van der Waals surface area (Å²) < 4.78 is 69.1. The number of hydrogen-bond donors (Lipinski definition) is 2. The lowest BCUT2D eigenvalue weighted by molar-refractivity contribution is -0.0907. The van der Waals surface area contributed by atoms with E-state index in [0.717, 1.165) is 12.0 Å². The minimum Gasteiger partial charge on any atom is -0.494 e. The second kappa shape index (κ2) is 17.0. The molecule has 0 radical (unpaired) electrons. The molecule has 5 atom stereocenters. The highest BCUT2D eigenvalue weighted by atomic mass is 32.2. The van der Waals surface area contributed by atoms with Crippen molar-refractivity contribution in [2.75, 3.05) is 46.3 Å². The van der Waals surface area contributed by atoms with Gasteiger partial charge in [0.05, 0.1) is 42.8 Å². The van der Waals surface area contributed by atoms with Crippen LogP contribution in [-0.2, 0) is 35.1 Å². The molecule has 3 heterocycles. The van der Waals surface area contributed by atoms with Crippen molar-refractivity contribution >= 4 is 24.4 Å². The minimum atomic E-state index is -4.07. The van der Waals surface area contributed by atoms with Gasteiger partial charge in [-0.25, -0.2) is 13.2 Å². The molecule has 15 heteroatoms. The number of amides is 1. The molecule has 0 bridgehead atoms. The highest BCUT2D eigenvalue weighted by Crippen LogP contribution is 2.37. The molecule has 3 aliphatic rings. The number of rotatable bonds is 17. The summed E-state index contributed by atoms with van der Waals surface area (Å²) in [6, 6.07) is 11.0. The van der Waals surface area contributed by atoms with Crippen LogP contribution in [0, 0.1) is 11.8 Å². The van der Waals surface area contributed by atoms with Gasteiger partial charge in [0.2, 0.25) is 16.8 Å². The quantitative estimate of drug-likeness (QED) is 0.159. The molecule has 2 aromatic rings. The number of nitrogens with zero attached hydrogens (tertiary/aromatic N) is 1. The van der Waals surface area contributed by atoms with Crippen LogP contribution in [0.25, 0.3) is 0 Å². The normalized spacial score (nSPS) is 21.3. The van der Waals surface area contributed by atoms with Gasteiger partial charge in [0.25, 0.3) is 0 Å². The third-order valence-electron chi connectivity index (χ3n) is 10.2. The van der Waals surface area contributed by atoms with E-state index in [9.17, 15) is 18.3 Å². The number of alkyl carbamates (subject to hydrolysis) is 1. The zero-order chi connectivity index (χ0) is 37.7. The van der Waals surface area contributed by atoms with Crippen molar-refractivity contribution in [1.29, 1.82) is 0 Å². The Kier molecular flexibility index (Phi) is 13.2. The van der Waals surface area contributed by atoms with Crippen LogP contribution in [0.1, 0.15) is 53.0 Å². The van der Waals surface area contributed by atoms with E-state index < -0.39 is 49.0 Å². The Labute approximate surface area is 309 Å². The third kappa shape index (κ3) is 10.2. The van der Waals surface area contributed by atoms with Gasteiger partial charge in [-0.05, 0) is 66.7 Å². The molecule has 3 aliphatic heterocycles. The Morgan fingerprint density at radius 2 is 1.77 bits per heavy atom. The molecule has 2 fully saturated rings. The lowest BCUT2D eigenvalue weighted by Gasteiger charge is -2.36. The highest BCUT2D eigenvalue weighted by molar-refractivity contribution is 7.89. The van der Waals surface area contributed by atoms with Crippen molar-refractivity contribution in [3.05, 3.63) is 48.0 Å². The van der Waals surface area contributed by atoms with Crippen LogP contribution in [0.5, 0.6) is 17.2 Å². The van der Waals surface area contributed by atoms with Gasteiger partial charge in [-0.2, -0.15) is 4.31 Å². The monoisotopic (exact) mass is 764 g/mol. The Morgan fingerprint density at radius 3 is 2.48 bits per heavy atom. The van der Waals surface area contributed by atoms with Crippen molar-refractivity contribution in [2.24, 2.45) is 11.8 Å². The van der Waals surface area contributed by atoms with Gasteiger partial charge in [-0.15, -0.1) is 0 Å². The fourth-order valence-corrected chi connectivity index (χ4v) is 8.85. The van der Waals surface area contributed by atoms with Crippen molar-refractivity contribution in [2.45, 2.75) is 101 Å². The number of fused-ring (bicyclic) bond motifs is 2. The van der Waals surface area contributed by atoms with Crippen LogP contribution in [0.4, 0.5) is 4.79 Å². The molecule has 1 amide bonds. The second-order valence-electron chi connectivity index (χ2n) is 15.7. The fourth-order valence-electron chi connectivity index (χ4n) is 6.12. The highest BCUT2D eigenvalue weighted by Gasteiger charge is 2.44. The molecule has 0 aliphatic carbocycles. The summed E-state index contributed by atoms with van der Waals surface area (Å²) in [4.78, 5) is 13.3. The first-order valence-electron chi connectivity index (χ1n) is 18.2. The minimum absolute atomic E-state index is 0.0115. The molecule has 2 aromatic carbocycles. The predicted octanol–water partition coefficient (Wildman–Crippen LogP) is 5.31. The van der Waals surface area contributed by atoms with E-state index in [1.807, 2.05) is 38.1 Å². The summed E-state index contributed by atoms with van der Waals surface area (Å²) in [7, 11) is -5.89. The Bertz CT molecular complexity index is 1600. The summed E-state index contributed by atoms with van der Waals surface area (Å²) in [5.74, 6) is 1.38. The number of hydrogen-bond acceptors (Lipinski definition) is 11. The van der Waals surface area contributed by atoms with E-state index in [0.29, 0.717) is 43.5 Å². The summed E-state index contributed by atoms with van der Waals surface area (Å²) in [6.45, 7) is 16.7. The van der Waals surface area contributed by atoms with E-state index in [1.54, 1.807) is 6.07 Å². The van der Waals surface area contributed by atoms with E-state index in [-0.39, 0.29) is 54.7 Å². The Hall–Kier alpha value is -2.92. The molecule has 0 unspecified atom stereocenters. The van der Waals surface area contributed by atoms with Gasteiger partial charge in [-0.3, -0.25) is 0 Å². The zero-order valence-corrected chi connectivity index (χ0v) is 33.3. The molecule has 0 saturated carbocycles. The maximum atomic E-state index is 14.0. The van der Waals surface area contributed by atoms with Gasteiger partial charge >= 0.3 is 6.09 Å². The smallest absolute Gasteiger partial charge is 0.407 e. The maximum Gasteiger partial charge on any atom is 0.407 e. The van der Waals surface area contributed by atoms with Crippen LogP contribution in [0.3, 0.4) is 0 Å². The van der Waals surface area contributed by atoms with Gasteiger partial charge in [0.1, 0.15) is 11.9 Å². The molecular formula is C37H56N2O11SSi. The molecule has 0 aromatic heterocycles. The standard InChI is InChI=1S/C37H56N2O11SSi/c1-25(2)21-39(51(42,43)28-13-14-32-33(20-28)48-24-47-32)22-31(40)30(38-36(41)50-34-23-46-35-29(34)15-18-45-35)19-26-9-11-27(12-10-26)44-16-8-17-49-52(6,7)37(3,4)5/h9-14,20,25,29-31,34-35,40H,8,15-19,21-24H2,1-7H3,(H,38,41)/t29-,30-,31+,34-,35+/m0/s1. The van der Waals surface area contributed by atoms with Gasteiger partial charge in [0, 0.05) is 32.2 Å². The molecular weight excluding hydrogens is 709 g/mol. The Morgan fingerprint density at radius 1 is 1.04 bits per heavy atom. The van der Waals surface area contributed by atoms with Crippen molar-refractivity contribution < 1.29 is 51.2 Å². The summed E-state index contributed by atoms with van der Waals surface area (Å²) >= 11 is 0. The molecule has 13 nitrogen and oxygen atoms in total. The summed E-state index contributed by atoms with van der Waals surface area (Å²) in [6.07, 6.45) is -1.22. The van der Waals surface area contributed by atoms with Crippen LogP contribution in [0.2, 0.25) is 18.1 Å². The second-order valence-corrected chi connectivity index (χ2v) is 22.4. The number of carbonyl (C=O) groups excluding carboxylic acids is 1. The molecule has 290 valence electrons. The predicted molar refractivity (Wildman–Crippen MR) is 197 cm³/mol. The van der Waals surface area contributed by atoms with E-state index in [2.05, 4.69) is 39.2 Å². The van der Waals surface area contributed by atoms with Gasteiger partial charge in [-0.1, -0.05) is 46.8 Å². The third-order valence-corrected chi connectivity index (χ3v) is 16.5. The lowest BCUT2D eigenvalue weighted by Crippen LogP contribution is -2.51. The van der Waals surface area contributed by atoms with E-state index in [1.165, 1.54) is 16.4 Å². The first kappa shape index (κ1) is 40.3. The number of aliphatic hydroxyl groups excluding tert-OH is 1. The number of ether oxygens (including phenoxy) is 6. The lowest BCUT2D eigenvalue weighted by atomic mass is 10.0. The van der Waals surface area contributed by atoms with Crippen molar-refractivity contribution in [3.63, 3.8) is 0 Å². The number of nitrogens with one attached hydrogen (secondary N) is 1. The molecule has 0 spiro atoms. The molecule has 52 heavy (non-hydrogen) atoms. The Balaban J connectivity index is 1.26. The average molecular weight is 765 g/mol. The average Bonchev–Trinajstić information content (AvgIpc) is 3.83. The van der Waals surface area contributed by atoms with E-state index >= 15 is 0 Å². The molecule has 2 saturated heterocycles. The van der Waals surface area contributed by atoms with Gasteiger partial charge < -0.3 is 43.3 Å². The fraction of sp³-hybridized carbons (Fsp3) is 0.649. The summed E-state index contributed by atoms with van der Waals surface area (Å²) in [5.41, 5.74) is 0.806. The number of carbonyl (C=O) groups is 1. The van der Waals surface area contributed by atoms with Crippen LogP contribution in [-0.4, -0.2) is 103 Å². The topological polar surface area (TPSA) is 151 Å². The summed E-state index contributed by atoms with van der Waals surface area (Å²) in [5, 5.41) is 14.7. The van der Waals surface area contributed by atoms with Gasteiger partial charge in [0.15, 0.2) is 26.1 Å². The van der Waals surface area contributed by atoms with E-state index in [4.69, 9.17) is 32.8 Å². The van der Waals surface area contributed by atoms with Crippen LogP contribution >= 0.6 is 0 Å². The molecule has 5 rings (SSSR count). The number of benzene rings is 2.